The van der Waals surface area contributed by atoms with E-state index in [9.17, 15) is 26.0 Å². The summed E-state index contributed by atoms with van der Waals surface area (Å²) in [6, 6.07) is 11.9. The average molecular weight is 424 g/mol. The Kier molecular flexibility index (Phi) is 4.74. The molecule has 2 heterocycles. The van der Waals surface area contributed by atoms with Gasteiger partial charge in [0.15, 0.2) is 0 Å². The summed E-state index contributed by atoms with van der Waals surface area (Å²) < 4.78 is 82.4. The number of nitrogens with zero attached hydrogens (tertiary/aromatic N) is 2. The summed E-state index contributed by atoms with van der Waals surface area (Å²) in [5, 5.41) is 0. The Morgan fingerprint density at radius 2 is 1.66 bits per heavy atom. The molecule has 1 aliphatic heterocycles. The minimum absolute atomic E-state index is 0.0717. The van der Waals surface area contributed by atoms with E-state index >= 15 is 0 Å². The average Bonchev–Trinajstić information content (AvgIpc) is 3.16. The second-order valence-corrected chi connectivity index (χ2v) is 8.61. The first-order chi connectivity index (χ1) is 13.7. The maximum Gasteiger partial charge on any atom is 0.416 e. The van der Waals surface area contributed by atoms with Gasteiger partial charge in [0.25, 0.3) is 0 Å². The molecule has 0 radical (unpaired) electrons. The van der Waals surface area contributed by atoms with Crippen LogP contribution in [0.3, 0.4) is 0 Å². The van der Waals surface area contributed by atoms with Crippen molar-refractivity contribution in [1.29, 1.82) is 0 Å². The van der Waals surface area contributed by atoms with Crippen molar-refractivity contribution in [2.24, 2.45) is 0 Å². The number of hydrogen-bond acceptors (Lipinski definition) is 2. The minimum Gasteiger partial charge on any atom is -0.348 e. The molecule has 1 aromatic heterocycles. The van der Waals surface area contributed by atoms with Crippen LogP contribution in [-0.4, -0.2) is 23.8 Å². The van der Waals surface area contributed by atoms with E-state index in [0.29, 0.717) is 23.9 Å². The summed E-state index contributed by atoms with van der Waals surface area (Å²) in [4.78, 5) is -0.431. The van der Waals surface area contributed by atoms with Crippen molar-refractivity contribution in [2.75, 3.05) is 6.54 Å². The summed E-state index contributed by atoms with van der Waals surface area (Å²) in [6.45, 7) is 0.431. The molecule has 0 fully saturated rings. The van der Waals surface area contributed by atoms with Crippen LogP contribution in [0.5, 0.6) is 0 Å². The molecular weight excluding hydrogens is 408 g/mol. The van der Waals surface area contributed by atoms with Crippen molar-refractivity contribution in [3.63, 3.8) is 0 Å². The van der Waals surface area contributed by atoms with Gasteiger partial charge in [-0.2, -0.15) is 17.5 Å². The van der Waals surface area contributed by atoms with E-state index in [1.807, 2.05) is 4.57 Å². The van der Waals surface area contributed by atoms with Crippen molar-refractivity contribution in [2.45, 2.75) is 23.7 Å². The van der Waals surface area contributed by atoms with Gasteiger partial charge in [0.1, 0.15) is 5.82 Å². The number of aromatic nitrogens is 1. The van der Waals surface area contributed by atoms with Crippen LogP contribution in [-0.2, 0) is 22.7 Å². The molecule has 3 aromatic rings. The highest BCUT2D eigenvalue weighted by Crippen LogP contribution is 2.38. The lowest BCUT2D eigenvalue weighted by molar-refractivity contribution is -0.137. The van der Waals surface area contributed by atoms with Crippen LogP contribution < -0.4 is 0 Å². The zero-order chi connectivity index (χ0) is 20.8. The third-order valence-corrected chi connectivity index (χ3v) is 6.81. The number of benzene rings is 2. The first-order valence-corrected chi connectivity index (χ1v) is 10.2. The standard InChI is InChI=1S/C20H16F4N2O2S/c21-16-8-6-14(7-9-16)19-18-5-2-10-25(18)11-12-26(19)29(27,28)17-4-1-3-15(13-17)20(22,23)24/h1-10,13,19H,11-12H2. The maximum absolute atomic E-state index is 13.4. The lowest BCUT2D eigenvalue weighted by Crippen LogP contribution is -2.42. The van der Waals surface area contributed by atoms with Gasteiger partial charge in [-0.15, -0.1) is 0 Å². The summed E-state index contributed by atoms with van der Waals surface area (Å²) >= 11 is 0. The fourth-order valence-corrected chi connectivity index (χ4v) is 5.20. The lowest BCUT2D eigenvalue weighted by Gasteiger charge is -2.36. The van der Waals surface area contributed by atoms with Gasteiger partial charge in [-0.3, -0.25) is 0 Å². The van der Waals surface area contributed by atoms with Crippen LogP contribution in [0.2, 0.25) is 0 Å². The Labute approximate surface area is 165 Å². The first-order valence-electron chi connectivity index (χ1n) is 8.77. The molecule has 4 rings (SSSR count). The highest BCUT2D eigenvalue weighted by atomic mass is 32.2. The molecule has 152 valence electrons. The van der Waals surface area contributed by atoms with Gasteiger partial charge in [0.05, 0.1) is 16.5 Å². The van der Waals surface area contributed by atoms with Crippen molar-refractivity contribution in [3.8, 4) is 0 Å². The molecule has 0 saturated carbocycles. The lowest BCUT2D eigenvalue weighted by atomic mass is 10.0. The number of rotatable bonds is 3. The van der Waals surface area contributed by atoms with Crippen molar-refractivity contribution in [1.82, 2.24) is 8.87 Å². The zero-order valence-corrected chi connectivity index (χ0v) is 15.8. The molecule has 1 atom stereocenters. The van der Waals surface area contributed by atoms with Gasteiger partial charge in [-0.1, -0.05) is 18.2 Å². The van der Waals surface area contributed by atoms with Gasteiger partial charge in [0.2, 0.25) is 10.0 Å². The van der Waals surface area contributed by atoms with Crippen LogP contribution in [0.25, 0.3) is 0 Å². The van der Waals surface area contributed by atoms with Gasteiger partial charge >= 0.3 is 6.18 Å². The molecule has 0 N–H and O–H groups in total. The van der Waals surface area contributed by atoms with Crippen LogP contribution in [0.1, 0.15) is 22.9 Å². The van der Waals surface area contributed by atoms with Crippen molar-refractivity contribution < 1.29 is 26.0 Å². The molecule has 2 aromatic carbocycles. The normalized spacial score (nSPS) is 17.9. The molecule has 4 nitrogen and oxygen atoms in total. The summed E-state index contributed by atoms with van der Waals surface area (Å²) in [5.74, 6) is -0.466. The van der Waals surface area contributed by atoms with Gasteiger partial charge in [-0.05, 0) is 48.0 Å². The van der Waals surface area contributed by atoms with Crippen molar-refractivity contribution in [3.05, 3.63) is 89.5 Å². The molecule has 0 aliphatic carbocycles. The largest absolute Gasteiger partial charge is 0.416 e. The van der Waals surface area contributed by atoms with Crippen molar-refractivity contribution >= 4 is 10.0 Å². The number of alkyl halides is 3. The molecule has 0 spiro atoms. The molecule has 0 amide bonds. The highest BCUT2D eigenvalue weighted by Gasteiger charge is 2.39. The molecule has 29 heavy (non-hydrogen) atoms. The minimum atomic E-state index is -4.65. The maximum atomic E-state index is 13.4. The Hall–Kier alpha value is -2.65. The third-order valence-electron chi connectivity index (χ3n) is 4.95. The number of hydrogen-bond donors (Lipinski definition) is 0. The molecule has 0 bridgehead atoms. The number of halogens is 4. The molecule has 0 saturated heterocycles. The predicted octanol–water partition coefficient (Wildman–Crippen LogP) is 4.44. The van der Waals surface area contributed by atoms with E-state index < -0.39 is 38.5 Å². The first kappa shape index (κ1) is 19.7. The summed E-state index contributed by atoms with van der Waals surface area (Å²) in [6.07, 6.45) is -2.85. The monoisotopic (exact) mass is 424 g/mol. The fraction of sp³-hybridized carbons (Fsp3) is 0.200. The van der Waals surface area contributed by atoms with E-state index in [0.717, 1.165) is 18.2 Å². The van der Waals surface area contributed by atoms with E-state index in [2.05, 4.69) is 0 Å². The second-order valence-electron chi connectivity index (χ2n) is 6.72. The predicted molar refractivity (Wildman–Crippen MR) is 98.0 cm³/mol. The highest BCUT2D eigenvalue weighted by molar-refractivity contribution is 7.89. The van der Waals surface area contributed by atoms with Crippen LogP contribution >= 0.6 is 0 Å². The number of sulfonamides is 1. The smallest absolute Gasteiger partial charge is 0.348 e. The summed E-state index contributed by atoms with van der Waals surface area (Å²) in [5.41, 5.74) is 0.164. The Morgan fingerprint density at radius 3 is 2.34 bits per heavy atom. The van der Waals surface area contributed by atoms with E-state index in [4.69, 9.17) is 0 Å². The van der Waals surface area contributed by atoms with Gasteiger partial charge in [0, 0.05) is 25.0 Å². The molecular formula is C20H16F4N2O2S. The van der Waals surface area contributed by atoms with Crippen LogP contribution in [0.15, 0.2) is 71.8 Å². The van der Waals surface area contributed by atoms with E-state index in [1.165, 1.54) is 28.6 Å². The topological polar surface area (TPSA) is 42.3 Å². The fourth-order valence-electron chi connectivity index (χ4n) is 3.57. The number of fused-ring (bicyclic) bond motifs is 1. The van der Waals surface area contributed by atoms with Gasteiger partial charge in [-0.25, -0.2) is 12.8 Å². The summed E-state index contributed by atoms with van der Waals surface area (Å²) in [7, 11) is -4.25. The zero-order valence-electron chi connectivity index (χ0n) is 15.0. The Bertz CT molecular complexity index is 1140. The molecule has 1 unspecified atom stereocenters. The van der Waals surface area contributed by atoms with Crippen LogP contribution in [0, 0.1) is 5.82 Å². The van der Waals surface area contributed by atoms with Crippen LogP contribution in [0.4, 0.5) is 17.6 Å². The molecule has 1 aliphatic rings. The SMILES string of the molecule is O=S(=O)(c1cccc(C(F)(F)F)c1)N1CCn2cccc2C1c1ccc(F)cc1. The van der Waals surface area contributed by atoms with E-state index in [-0.39, 0.29) is 6.54 Å². The third kappa shape index (κ3) is 3.56. The Balaban J connectivity index is 1.83. The Morgan fingerprint density at radius 1 is 0.931 bits per heavy atom. The quantitative estimate of drug-likeness (QED) is 0.584. The van der Waals surface area contributed by atoms with E-state index in [1.54, 1.807) is 18.3 Å². The molecule has 9 heteroatoms. The second kappa shape index (κ2) is 7.00. The van der Waals surface area contributed by atoms with Gasteiger partial charge < -0.3 is 4.57 Å².